The van der Waals surface area contributed by atoms with Gasteiger partial charge in [-0.2, -0.15) is 0 Å². The van der Waals surface area contributed by atoms with Crippen LogP contribution in [0.1, 0.15) is 11.1 Å². The average Bonchev–Trinajstić information content (AvgIpc) is 2.38. The van der Waals surface area contributed by atoms with E-state index in [1.54, 1.807) is 0 Å². The summed E-state index contributed by atoms with van der Waals surface area (Å²) >= 11 is 9.29. The molecule has 0 saturated heterocycles. The van der Waals surface area contributed by atoms with Gasteiger partial charge >= 0.3 is 0 Å². The number of rotatable bonds is 2. The van der Waals surface area contributed by atoms with E-state index < -0.39 is 5.82 Å². The zero-order valence-corrected chi connectivity index (χ0v) is 13.4. The molecule has 2 aromatic rings. The number of hydrogen-bond donors (Lipinski definition) is 3. The van der Waals surface area contributed by atoms with Crippen molar-refractivity contribution in [2.75, 3.05) is 16.8 Å². The summed E-state index contributed by atoms with van der Waals surface area (Å²) in [4.78, 5) is 0. The monoisotopic (exact) mass is 357 g/mol. The van der Waals surface area contributed by atoms with Crippen molar-refractivity contribution in [2.24, 2.45) is 0 Å². The van der Waals surface area contributed by atoms with Gasteiger partial charge < -0.3 is 16.8 Å². The molecule has 0 fully saturated rings. The number of benzene rings is 2. The highest BCUT2D eigenvalue weighted by Crippen LogP contribution is 2.36. The van der Waals surface area contributed by atoms with Crippen molar-refractivity contribution < 1.29 is 4.39 Å². The van der Waals surface area contributed by atoms with Gasteiger partial charge in [0.05, 0.1) is 17.1 Å². The Bertz CT molecular complexity index is 666. The Kier molecular flexibility index (Phi) is 4.11. The van der Waals surface area contributed by atoms with Gasteiger partial charge in [-0.05, 0) is 43.2 Å². The Morgan fingerprint density at radius 3 is 2.20 bits per heavy atom. The van der Waals surface area contributed by atoms with Crippen LogP contribution in [-0.2, 0) is 0 Å². The Balaban J connectivity index is 2.48. The normalized spacial score (nSPS) is 10.7. The third-order valence-corrected chi connectivity index (χ3v) is 4.61. The molecule has 0 aliphatic carbocycles. The zero-order chi connectivity index (χ0) is 15.0. The van der Waals surface area contributed by atoms with E-state index in [0.717, 1.165) is 21.3 Å². The molecule has 2 aromatic carbocycles. The molecular weight excluding hydrogens is 345 g/mol. The van der Waals surface area contributed by atoms with E-state index in [1.165, 1.54) is 6.07 Å². The van der Waals surface area contributed by atoms with Crippen molar-refractivity contribution in [1.29, 1.82) is 0 Å². The molecule has 20 heavy (non-hydrogen) atoms. The van der Waals surface area contributed by atoms with Crippen LogP contribution in [0, 0.1) is 19.7 Å². The maximum Gasteiger partial charge on any atom is 0.169 e. The van der Waals surface area contributed by atoms with Crippen LogP contribution in [0.15, 0.2) is 22.7 Å². The number of anilines is 4. The molecule has 0 spiro atoms. The fourth-order valence-electron chi connectivity index (χ4n) is 1.96. The van der Waals surface area contributed by atoms with Crippen molar-refractivity contribution in [2.45, 2.75) is 13.8 Å². The van der Waals surface area contributed by atoms with Crippen LogP contribution < -0.4 is 16.8 Å². The van der Waals surface area contributed by atoms with Crippen LogP contribution in [0.25, 0.3) is 0 Å². The molecule has 3 nitrogen and oxygen atoms in total. The SMILES string of the molecule is Cc1cc(Nc2c(N)cc(N)c(Cl)c2F)cc(C)c1Br. The molecule has 0 aliphatic heterocycles. The molecule has 0 unspecified atom stereocenters. The Morgan fingerprint density at radius 1 is 1.10 bits per heavy atom. The third kappa shape index (κ3) is 2.69. The van der Waals surface area contributed by atoms with Crippen molar-refractivity contribution >= 4 is 50.3 Å². The highest BCUT2D eigenvalue weighted by molar-refractivity contribution is 9.10. The second-order valence-electron chi connectivity index (χ2n) is 4.61. The van der Waals surface area contributed by atoms with E-state index >= 15 is 0 Å². The lowest BCUT2D eigenvalue weighted by Crippen LogP contribution is -2.03. The highest BCUT2D eigenvalue weighted by atomic mass is 79.9. The van der Waals surface area contributed by atoms with Crippen LogP contribution in [-0.4, -0.2) is 0 Å². The van der Waals surface area contributed by atoms with Crippen LogP contribution in [0.5, 0.6) is 0 Å². The van der Waals surface area contributed by atoms with Gasteiger partial charge in [-0.25, -0.2) is 4.39 Å². The molecule has 6 heteroatoms. The lowest BCUT2D eigenvalue weighted by molar-refractivity contribution is 0.633. The standard InChI is InChI=1S/C14H14BrClFN3/c1-6-3-8(4-7(2)11(6)15)20-14-10(19)5-9(18)12(16)13(14)17/h3-5,20H,18-19H2,1-2H3. The first kappa shape index (κ1) is 14.9. The van der Waals surface area contributed by atoms with E-state index in [1.807, 2.05) is 26.0 Å². The number of halogens is 3. The second-order valence-corrected chi connectivity index (χ2v) is 5.78. The van der Waals surface area contributed by atoms with E-state index in [2.05, 4.69) is 21.2 Å². The fraction of sp³-hybridized carbons (Fsp3) is 0.143. The molecule has 0 heterocycles. The molecule has 0 bridgehead atoms. The summed E-state index contributed by atoms with van der Waals surface area (Å²) in [7, 11) is 0. The summed E-state index contributed by atoms with van der Waals surface area (Å²) < 4.78 is 15.1. The second kappa shape index (κ2) is 5.50. The van der Waals surface area contributed by atoms with Crippen LogP contribution in [0.3, 0.4) is 0 Å². The van der Waals surface area contributed by atoms with Gasteiger partial charge in [0.1, 0.15) is 5.02 Å². The minimum absolute atomic E-state index is 0.121. The van der Waals surface area contributed by atoms with Crippen molar-refractivity contribution in [3.63, 3.8) is 0 Å². The number of hydrogen-bond acceptors (Lipinski definition) is 3. The van der Waals surface area contributed by atoms with Crippen LogP contribution >= 0.6 is 27.5 Å². The van der Waals surface area contributed by atoms with E-state index in [-0.39, 0.29) is 22.1 Å². The lowest BCUT2D eigenvalue weighted by atomic mass is 10.1. The van der Waals surface area contributed by atoms with Gasteiger partial charge in [-0.1, -0.05) is 27.5 Å². The molecule has 0 aromatic heterocycles. The molecule has 2 rings (SSSR count). The minimum atomic E-state index is -0.651. The maximum atomic E-state index is 14.1. The summed E-state index contributed by atoms with van der Waals surface area (Å²) in [6.07, 6.45) is 0. The molecule has 0 amide bonds. The van der Waals surface area contributed by atoms with Gasteiger partial charge in [-0.3, -0.25) is 0 Å². The number of nitrogen functional groups attached to an aromatic ring is 2. The van der Waals surface area contributed by atoms with Gasteiger partial charge in [0.2, 0.25) is 0 Å². The van der Waals surface area contributed by atoms with Gasteiger partial charge in [0.25, 0.3) is 0 Å². The van der Waals surface area contributed by atoms with Crippen LogP contribution in [0.2, 0.25) is 5.02 Å². The largest absolute Gasteiger partial charge is 0.397 e. The smallest absolute Gasteiger partial charge is 0.169 e. The van der Waals surface area contributed by atoms with E-state index in [0.29, 0.717) is 0 Å². The Labute approximate surface area is 130 Å². The molecule has 0 saturated carbocycles. The maximum absolute atomic E-state index is 14.1. The predicted octanol–water partition coefficient (Wildman–Crippen LogP) is 4.77. The van der Waals surface area contributed by atoms with E-state index in [4.69, 9.17) is 23.1 Å². The van der Waals surface area contributed by atoms with E-state index in [9.17, 15) is 4.39 Å². The molecule has 106 valence electrons. The van der Waals surface area contributed by atoms with Crippen molar-refractivity contribution in [3.05, 3.63) is 44.6 Å². The number of aryl methyl sites for hydroxylation is 2. The first-order valence-corrected chi connectivity index (χ1v) is 7.05. The van der Waals surface area contributed by atoms with Gasteiger partial charge in [0, 0.05) is 10.2 Å². The quantitative estimate of drug-likeness (QED) is 0.678. The molecular formula is C14H14BrClFN3. The van der Waals surface area contributed by atoms with Crippen molar-refractivity contribution in [3.8, 4) is 0 Å². The number of nitrogens with one attached hydrogen (secondary N) is 1. The van der Waals surface area contributed by atoms with Crippen molar-refractivity contribution in [1.82, 2.24) is 0 Å². The summed E-state index contributed by atoms with van der Waals surface area (Å²) in [6.45, 7) is 3.91. The minimum Gasteiger partial charge on any atom is -0.397 e. The topological polar surface area (TPSA) is 64.1 Å². The summed E-state index contributed by atoms with van der Waals surface area (Å²) in [5, 5.41) is 2.82. The first-order chi connectivity index (χ1) is 9.31. The van der Waals surface area contributed by atoms with Gasteiger partial charge in [-0.15, -0.1) is 0 Å². The summed E-state index contributed by atoms with van der Waals surface area (Å²) in [5.41, 5.74) is 14.6. The summed E-state index contributed by atoms with van der Waals surface area (Å²) in [5.74, 6) is -0.651. The number of nitrogens with two attached hydrogens (primary N) is 2. The third-order valence-electron chi connectivity index (χ3n) is 2.97. The van der Waals surface area contributed by atoms with Crippen LogP contribution in [0.4, 0.5) is 27.1 Å². The zero-order valence-electron chi connectivity index (χ0n) is 11.0. The Morgan fingerprint density at radius 2 is 1.65 bits per heavy atom. The molecule has 0 radical (unpaired) electrons. The fourth-order valence-corrected chi connectivity index (χ4v) is 2.33. The summed E-state index contributed by atoms with van der Waals surface area (Å²) in [6, 6.07) is 5.22. The molecule has 0 atom stereocenters. The highest BCUT2D eigenvalue weighted by Gasteiger charge is 2.15. The lowest BCUT2D eigenvalue weighted by Gasteiger charge is -2.15. The van der Waals surface area contributed by atoms with Gasteiger partial charge in [0.15, 0.2) is 5.82 Å². The molecule has 0 aliphatic rings. The predicted molar refractivity (Wildman–Crippen MR) is 87.1 cm³/mol. The molecule has 5 N–H and O–H groups in total. The Hall–Kier alpha value is -1.46. The first-order valence-electron chi connectivity index (χ1n) is 5.88. The average molecular weight is 359 g/mol.